The Kier molecular flexibility index (Phi) is 4.88. The molecule has 1 amide bonds. The molecule has 25 heavy (non-hydrogen) atoms. The fraction of sp³-hybridized carbons (Fsp3) is 0.421. The minimum absolute atomic E-state index is 0.0372. The average molecular weight is 340 g/mol. The average Bonchev–Trinajstić information content (AvgIpc) is 2.61. The van der Waals surface area contributed by atoms with Gasteiger partial charge in [0.2, 0.25) is 5.91 Å². The molecule has 0 bridgehead atoms. The third kappa shape index (κ3) is 3.73. The van der Waals surface area contributed by atoms with Gasteiger partial charge in [-0.25, -0.2) is 4.68 Å². The second-order valence-electron chi connectivity index (χ2n) is 6.70. The van der Waals surface area contributed by atoms with Crippen LogP contribution in [0.15, 0.2) is 35.3 Å². The van der Waals surface area contributed by atoms with Crippen LogP contribution in [0.25, 0.3) is 0 Å². The first-order valence-corrected chi connectivity index (χ1v) is 8.61. The Bertz CT molecular complexity index is 844. The number of piperidine rings is 1. The van der Waals surface area contributed by atoms with Gasteiger partial charge in [-0.05, 0) is 43.9 Å². The smallest absolute Gasteiger partial charge is 0.268 e. The number of anilines is 2. The number of nitrogens with zero attached hydrogens (tertiary/aromatic N) is 3. The predicted molar refractivity (Wildman–Crippen MR) is 99.0 cm³/mol. The number of carbonyl (C=O) groups excluding carboxylic acids is 1. The maximum absolute atomic E-state index is 12.7. The van der Waals surface area contributed by atoms with Crippen molar-refractivity contribution in [2.24, 2.45) is 13.0 Å². The van der Waals surface area contributed by atoms with Crippen molar-refractivity contribution in [3.05, 3.63) is 51.9 Å². The van der Waals surface area contributed by atoms with Crippen molar-refractivity contribution in [2.75, 3.05) is 23.3 Å². The summed E-state index contributed by atoms with van der Waals surface area (Å²) >= 11 is 0. The summed E-state index contributed by atoms with van der Waals surface area (Å²) in [7, 11) is 1.63. The minimum Gasteiger partial charge on any atom is -0.369 e. The molecule has 1 atom stereocenters. The molecule has 6 heteroatoms. The van der Waals surface area contributed by atoms with Crippen LogP contribution in [0.1, 0.15) is 24.0 Å². The van der Waals surface area contributed by atoms with Crippen LogP contribution in [0.3, 0.4) is 0 Å². The van der Waals surface area contributed by atoms with Crippen molar-refractivity contribution < 1.29 is 4.79 Å². The molecule has 1 aromatic heterocycles. The first kappa shape index (κ1) is 17.2. The van der Waals surface area contributed by atoms with E-state index in [9.17, 15) is 9.59 Å². The zero-order valence-corrected chi connectivity index (χ0v) is 15.0. The van der Waals surface area contributed by atoms with Crippen LogP contribution in [-0.4, -0.2) is 28.8 Å². The Labute approximate surface area is 147 Å². The van der Waals surface area contributed by atoms with E-state index in [2.05, 4.69) is 15.3 Å². The van der Waals surface area contributed by atoms with Crippen LogP contribution in [0, 0.1) is 19.8 Å². The number of rotatable bonds is 3. The zero-order chi connectivity index (χ0) is 18.0. The highest BCUT2D eigenvalue weighted by Gasteiger charge is 2.26. The van der Waals surface area contributed by atoms with E-state index >= 15 is 0 Å². The molecule has 0 spiro atoms. The normalized spacial score (nSPS) is 17.4. The van der Waals surface area contributed by atoms with Gasteiger partial charge < -0.3 is 10.2 Å². The SMILES string of the molecule is Cc1cccc(NC(=O)[C@H]2CCCN(c3cnn(C)c(=O)c3)C2)c1C. The van der Waals surface area contributed by atoms with Gasteiger partial charge in [-0.2, -0.15) is 5.10 Å². The largest absolute Gasteiger partial charge is 0.369 e. The molecule has 0 unspecified atom stereocenters. The molecule has 6 nitrogen and oxygen atoms in total. The van der Waals surface area contributed by atoms with E-state index in [4.69, 9.17) is 0 Å². The Hall–Kier alpha value is -2.63. The molecule has 0 radical (unpaired) electrons. The summed E-state index contributed by atoms with van der Waals surface area (Å²) in [5.74, 6) is -0.0621. The molecular weight excluding hydrogens is 316 g/mol. The second-order valence-corrected chi connectivity index (χ2v) is 6.70. The van der Waals surface area contributed by atoms with E-state index < -0.39 is 0 Å². The van der Waals surface area contributed by atoms with Crippen molar-refractivity contribution in [3.8, 4) is 0 Å². The van der Waals surface area contributed by atoms with Gasteiger partial charge in [-0.15, -0.1) is 0 Å². The third-order valence-electron chi connectivity index (χ3n) is 4.97. The van der Waals surface area contributed by atoms with Crippen molar-refractivity contribution >= 4 is 17.3 Å². The van der Waals surface area contributed by atoms with E-state index in [1.165, 1.54) is 4.68 Å². The number of amides is 1. The second kappa shape index (κ2) is 7.09. The topological polar surface area (TPSA) is 67.2 Å². The van der Waals surface area contributed by atoms with Crippen LogP contribution in [0.5, 0.6) is 0 Å². The highest BCUT2D eigenvalue weighted by molar-refractivity contribution is 5.93. The Balaban J connectivity index is 1.72. The quantitative estimate of drug-likeness (QED) is 0.931. The molecule has 2 aromatic rings. The maximum Gasteiger partial charge on any atom is 0.268 e. The lowest BCUT2D eigenvalue weighted by molar-refractivity contribution is -0.120. The zero-order valence-electron chi connectivity index (χ0n) is 15.0. The minimum atomic E-state index is -0.139. The fourth-order valence-corrected chi connectivity index (χ4v) is 3.18. The maximum atomic E-state index is 12.7. The summed E-state index contributed by atoms with van der Waals surface area (Å²) in [5.41, 5.74) is 3.78. The van der Waals surface area contributed by atoms with E-state index in [-0.39, 0.29) is 17.4 Å². The number of carbonyl (C=O) groups is 1. The van der Waals surface area contributed by atoms with Crippen molar-refractivity contribution in [3.63, 3.8) is 0 Å². The van der Waals surface area contributed by atoms with Crippen LogP contribution in [0.4, 0.5) is 11.4 Å². The van der Waals surface area contributed by atoms with Crippen molar-refractivity contribution in [1.82, 2.24) is 9.78 Å². The molecule has 132 valence electrons. The highest BCUT2D eigenvalue weighted by atomic mass is 16.2. The standard InChI is InChI=1S/C19H24N4O2/c1-13-6-4-8-17(14(13)2)21-19(25)15-7-5-9-23(12-15)16-10-18(24)22(3)20-11-16/h4,6,8,10-11,15H,5,7,9,12H2,1-3H3,(H,21,25)/t15-/m0/s1. The van der Waals surface area contributed by atoms with Crippen LogP contribution in [0.2, 0.25) is 0 Å². The Morgan fingerprint density at radius 2 is 2.12 bits per heavy atom. The van der Waals surface area contributed by atoms with E-state index in [0.29, 0.717) is 6.54 Å². The van der Waals surface area contributed by atoms with E-state index in [0.717, 1.165) is 41.9 Å². The predicted octanol–water partition coefficient (Wildman–Crippen LogP) is 2.25. The van der Waals surface area contributed by atoms with Gasteiger partial charge in [0.05, 0.1) is 17.8 Å². The third-order valence-corrected chi connectivity index (χ3v) is 4.97. The number of hydrogen-bond donors (Lipinski definition) is 1. The van der Waals surface area contributed by atoms with Gasteiger partial charge in [-0.1, -0.05) is 12.1 Å². The first-order valence-electron chi connectivity index (χ1n) is 8.61. The van der Waals surface area contributed by atoms with Gasteiger partial charge in [0.25, 0.3) is 5.56 Å². The van der Waals surface area contributed by atoms with Gasteiger partial charge >= 0.3 is 0 Å². The van der Waals surface area contributed by atoms with Gasteiger partial charge in [0, 0.05) is 31.9 Å². The monoisotopic (exact) mass is 340 g/mol. The highest BCUT2D eigenvalue weighted by Crippen LogP contribution is 2.24. The molecule has 0 aliphatic carbocycles. The number of nitrogens with one attached hydrogen (secondary N) is 1. The van der Waals surface area contributed by atoms with E-state index in [1.807, 2.05) is 32.0 Å². The molecule has 1 saturated heterocycles. The number of benzene rings is 1. The molecule has 1 aromatic carbocycles. The van der Waals surface area contributed by atoms with Crippen molar-refractivity contribution in [2.45, 2.75) is 26.7 Å². The molecule has 1 aliphatic rings. The summed E-state index contributed by atoms with van der Waals surface area (Å²) in [6.07, 6.45) is 3.46. The van der Waals surface area contributed by atoms with Gasteiger partial charge in [0.15, 0.2) is 0 Å². The van der Waals surface area contributed by atoms with Crippen LogP contribution >= 0.6 is 0 Å². The first-order chi connectivity index (χ1) is 12.0. The summed E-state index contributed by atoms with van der Waals surface area (Å²) in [6, 6.07) is 7.51. The number of aromatic nitrogens is 2. The lowest BCUT2D eigenvalue weighted by atomic mass is 9.96. The van der Waals surface area contributed by atoms with Crippen LogP contribution in [-0.2, 0) is 11.8 Å². The van der Waals surface area contributed by atoms with Gasteiger partial charge in [0.1, 0.15) is 0 Å². The van der Waals surface area contributed by atoms with Crippen molar-refractivity contribution in [1.29, 1.82) is 0 Å². The molecular formula is C19H24N4O2. The lowest BCUT2D eigenvalue weighted by Crippen LogP contribution is -2.41. The van der Waals surface area contributed by atoms with Gasteiger partial charge in [-0.3, -0.25) is 9.59 Å². The molecule has 0 saturated carbocycles. The summed E-state index contributed by atoms with van der Waals surface area (Å²) in [5, 5.41) is 7.14. The molecule has 2 heterocycles. The molecule has 1 N–H and O–H groups in total. The molecule has 1 aliphatic heterocycles. The van der Waals surface area contributed by atoms with Crippen LogP contribution < -0.4 is 15.8 Å². The fourth-order valence-electron chi connectivity index (χ4n) is 3.18. The summed E-state index contributed by atoms with van der Waals surface area (Å²) in [6.45, 7) is 5.49. The number of hydrogen-bond acceptors (Lipinski definition) is 4. The molecule has 3 rings (SSSR count). The molecule has 1 fully saturated rings. The summed E-state index contributed by atoms with van der Waals surface area (Å²) < 4.78 is 1.30. The lowest BCUT2D eigenvalue weighted by Gasteiger charge is -2.33. The number of aryl methyl sites for hydroxylation is 2. The summed E-state index contributed by atoms with van der Waals surface area (Å²) in [4.78, 5) is 26.6. The Morgan fingerprint density at radius 3 is 2.88 bits per heavy atom. The van der Waals surface area contributed by atoms with E-state index in [1.54, 1.807) is 19.3 Å². The Morgan fingerprint density at radius 1 is 1.32 bits per heavy atom.